The van der Waals surface area contributed by atoms with Crippen LogP contribution >= 0.6 is 12.2 Å². The zero-order valence-corrected chi connectivity index (χ0v) is 12.9. The van der Waals surface area contributed by atoms with Crippen molar-refractivity contribution in [3.63, 3.8) is 0 Å². The molecule has 1 saturated carbocycles. The Hall–Kier alpha value is -1.14. The number of nitrogens with two attached hydrogens (primary N) is 1. The van der Waals surface area contributed by atoms with Crippen LogP contribution in [-0.2, 0) is 11.8 Å². The van der Waals surface area contributed by atoms with Gasteiger partial charge in [-0.05, 0) is 19.8 Å². The fraction of sp³-hybridized carbons (Fsp3) is 0.714. The highest BCUT2D eigenvalue weighted by molar-refractivity contribution is 7.80. The van der Waals surface area contributed by atoms with Crippen molar-refractivity contribution in [1.29, 1.82) is 0 Å². The van der Waals surface area contributed by atoms with Crippen molar-refractivity contribution in [2.75, 3.05) is 18.1 Å². The highest BCUT2D eigenvalue weighted by Crippen LogP contribution is 2.34. The first-order chi connectivity index (χ1) is 9.59. The number of aryl methyl sites for hydroxylation is 2. The van der Waals surface area contributed by atoms with Crippen molar-refractivity contribution in [3.8, 4) is 0 Å². The van der Waals surface area contributed by atoms with E-state index in [0.717, 1.165) is 36.6 Å². The molecule has 1 aromatic heterocycles. The number of hydrogen-bond acceptors (Lipinski definition) is 4. The minimum Gasteiger partial charge on any atom is -0.389 e. The van der Waals surface area contributed by atoms with E-state index in [0.29, 0.717) is 17.1 Å². The molecule has 0 amide bonds. The smallest absolute Gasteiger partial charge is 0.137 e. The van der Waals surface area contributed by atoms with Crippen LogP contribution in [0.2, 0.25) is 0 Å². The molecule has 0 spiro atoms. The van der Waals surface area contributed by atoms with Crippen LogP contribution in [0.15, 0.2) is 0 Å². The van der Waals surface area contributed by atoms with E-state index in [4.69, 9.17) is 22.7 Å². The molecule has 3 rings (SSSR count). The summed E-state index contributed by atoms with van der Waals surface area (Å²) in [5.74, 6) is 1.07. The van der Waals surface area contributed by atoms with Crippen LogP contribution < -0.4 is 10.6 Å². The molecule has 2 unspecified atom stereocenters. The zero-order chi connectivity index (χ0) is 14.3. The molecule has 0 bridgehead atoms. The molecule has 1 aromatic rings. The molecule has 2 aliphatic rings. The van der Waals surface area contributed by atoms with Crippen LogP contribution in [-0.4, -0.2) is 40.1 Å². The third-order valence-electron chi connectivity index (χ3n) is 4.44. The molecule has 110 valence electrons. The lowest BCUT2D eigenvalue weighted by molar-refractivity contribution is -0.00924. The number of rotatable bonds is 2. The summed E-state index contributed by atoms with van der Waals surface area (Å²) in [5.41, 5.74) is 7.76. The van der Waals surface area contributed by atoms with Crippen LogP contribution in [0, 0.1) is 6.92 Å². The average molecular weight is 294 g/mol. The second-order valence-electron chi connectivity index (χ2n) is 5.73. The predicted molar refractivity (Wildman–Crippen MR) is 83.2 cm³/mol. The van der Waals surface area contributed by atoms with Gasteiger partial charge in [0.15, 0.2) is 0 Å². The van der Waals surface area contributed by atoms with Gasteiger partial charge in [0.1, 0.15) is 10.8 Å². The van der Waals surface area contributed by atoms with E-state index in [2.05, 4.69) is 10.00 Å². The standard InChI is InChI=1S/C14H22N4OS/c1-9-12(13(15)20)14(17(2)16-9)18-7-8-19-11-6-4-3-5-10(11)18/h10-11H,3-8H2,1-2H3,(H2,15,20). The number of fused-ring (bicyclic) bond motifs is 1. The van der Waals surface area contributed by atoms with Crippen molar-refractivity contribution in [2.24, 2.45) is 12.8 Å². The highest BCUT2D eigenvalue weighted by atomic mass is 32.1. The molecule has 2 N–H and O–H groups in total. The molecule has 1 aliphatic carbocycles. The number of anilines is 1. The van der Waals surface area contributed by atoms with E-state index < -0.39 is 0 Å². The molecule has 1 saturated heterocycles. The van der Waals surface area contributed by atoms with Gasteiger partial charge in [-0.15, -0.1) is 0 Å². The summed E-state index contributed by atoms with van der Waals surface area (Å²) in [6.07, 6.45) is 5.19. The Bertz CT molecular complexity index is 525. The number of hydrogen-bond donors (Lipinski definition) is 1. The lowest BCUT2D eigenvalue weighted by atomic mass is 9.90. The normalized spacial score (nSPS) is 26.4. The number of aromatic nitrogens is 2. The second-order valence-corrected chi connectivity index (χ2v) is 6.17. The summed E-state index contributed by atoms with van der Waals surface area (Å²) >= 11 is 5.23. The summed E-state index contributed by atoms with van der Waals surface area (Å²) in [6.45, 7) is 3.62. The monoisotopic (exact) mass is 294 g/mol. The fourth-order valence-corrected chi connectivity index (χ4v) is 3.86. The van der Waals surface area contributed by atoms with Gasteiger partial charge in [-0.2, -0.15) is 5.10 Å². The molecular formula is C14H22N4OS. The molecule has 0 aromatic carbocycles. The van der Waals surface area contributed by atoms with Crippen molar-refractivity contribution < 1.29 is 4.74 Å². The molecule has 2 fully saturated rings. The third kappa shape index (κ3) is 2.20. The summed E-state index contributed by atoms with van der Waals surface area (Å²) in [6, 6.07) is 0.431. The largest absolute Gasteiger partial charge is 0.389 e. The Morgan fingerprint density at radius 1 is 1.40 bits per heavy atom. The molecule has 1 aliphatic heterocycles. The topological polar surface area (TPSA) is 56.3 Å². The van der Waals surface area contributed by atoms with Crippen molar-refractivity contribution in [2.45, 2.75) is 44.8 Å². The van der Waals surface area contributed by atoms with Crippen LogP contribution in [0.3, 0.4) is 0 Å². The van der Waals surface area contributed by atoms with E-state index in [1.807, 2.05) is 18.7 Å². The Morgan fingerprint density at radius 2 is 2.15 bits per heavy atom. The second kappa shape index (κ2) is 5.33. The Kier molecular flexibility index (Phi) is 3.69. The third-order valence-corrected chi connectivity index (χ3v) is 4.65. The Labute approximate surface area is 125 Å². The van der Waals surface area contributed by atoms with E-state index in [9.17, 15) is 0 Å². The number of thiocarbonyl (C=S) groups is 1. The van der Waals surface area contributed by atoms with Crippen molar-refractivity contribution in [1.82, 2.24) is 9.78 Å². The van der Waals surface area contributed by atoms with Gasteiger partial charge in [-0.3, -0.25) is 4.68 Å². The average Bonchev–Trinajstić information content (AvgIpc) is 2.73. The minimum absolute atomic E-state index is 0.340. The zero-order valence-electron chi connectivity index (χ0n) is 12.1. The van der Waals surface area contributed by atoms with Crippen LogP contribution in [0.5, 0.6) is 0 Å². The highest BCUT2D eigenvalue weighted by Gasteiger charge is 2.37. The quantitative estimate of drug-likeness (QED) is 0.838. The molecular weight excluding hydrogens is 272 g/mol. The fourth-order valence-electron chi connectivity index (χ4n) is 3.62. The van der Waals surface area contributed by atoms with Crippen molar-refractivity contribution in [3.05, 3.63) is 11.3 Å². The van der Waals surface area contributed by atoms with Gasteiger partial charge in [-0.1, -0.05) is 25.1 Å². The molecule has 0 radical (unpaired) electrons. The number of ether oxygens (including phenoxy) is 1. The lowest BCUT2D eigenvalue weighted by Crippen LogP contribution is -2.53. The lowest BCUT2D eigenvalue weighted by Gasteiger charge is -2.45. The van der Waals surface area contributed by atoms with E-state index in [1.54, 1.807) is 0 Å². The van der Waals surface area contributed by atoms with Gasteiger partial charge >= 0.3 is 0 Å². The van der Waals surface area contributed by atoms with E-state index in [-0.39, 0.29) is 0 Å². The summed E-state index contributed by atoms with van der Waals surface area (Å²) in [4.78, 5) is 2.85. The predicted octanol–water partition coefficient (Wildman–Crippen LogP) is 1.51. The Balaban J connectivity index is 2.01. The van der Waals surface area contributed by atoms with Gasteiger partial charge in [0.25, 0.3) is 0 Å². The molecule has 6 heteroatoms. The first kappa shape index (κ1) is 13.8. The Morgan fingerprint density at radius 3 is 2.90 bits per heavy atom. The van der Waals surface area contributed by atoms with Gasteiger partial charge < -0.3 is 15.4 Å². The van der Waals surface area contributed by atoms with Crippen LogP contribution in [0.4, 0.5) is 5.82 Å². The maximum atomic E-state index is 5.95. The summed E-state index contributed by atoms with van der Waals surface area (Å²) < 4.78 is 7.86. The maximum absolute atomic E-state index is 5.95. The van der Waals surface area contributed by atoms with Gasteiger partial charge in [0.05, 0.1) is 30.0 Å². The molecule has 2 heterocycles. The number of nitrogens with zero attached hydrogens (tertiary/aromatic N) is 3. The first-order valence-corrected chi connectivity index (χ1v) is 7.72. The SMILES string of the molecule is Cc1nn(C)c(N2CCOC3CCCCC32)c1C(N)=S. The maximum Gasteiger partial charge on any atom is 0.137 e. The molecule has 20 heavy (non-hydrogen) atoms. The summed E-state index contributed by atoms with van der Waals surface area (Å²) in [7, 11) is 1.97. The molecule has 5 nitrogen and oxygen atoms in total. The van der Waals surface area contributed by atoms with E-state index in [1.165, 1.54) is 19.3 Å². The van der Waals surface area contributed by atoms with Gasteiger partial charge in [-0.25, -0.2) is 0 Å². The van der Waals surface area contributed by atoms with Crippen molar-refractivity contribution >= 4 is 23.0 Å². The van der Waals surface area contributed by atoms with Gasteiger partial charge in [0, 0.05) is 13.6 Å². The van der Waals surface area contributed by atoms with Crippen LogP contribution in [0.25, 0.3) is 0 Å². The van der Waals surface area contributed by atoms with Gasteiger partial charge in [0.2, 0.25) is 0 Å². The molecule has 2 atom stereocenters. The first-order valence-electron chi connectivity index (χ1n) is 7.31. The van der Waals surface area contributed by atoms with Crippen LogP contribution in [0.1, 0.15) is 36.9 Å². The summed E-state index contributed by atoms with van der Waals surface area (Å²) in [5, 5.41) is 4.51. The number of morpholine rings is 1. The van der Waals surface area contributed by atoms with E-state index >= 15 is 0 Å². The minimum atomic E-state index is 0.340.